The van der Waals surface area contributed by atoms with Gasteiger partial charge in [0.05, 0.1) is 0 Å². The van der Waals surface area contributed by atoms with Crippen molar-refractivity contribution >= 4 is 5.96 Å². The summed E-state index contributed by atoms with van der Waals surface area (Å²) in [6.07, 6.45) is 1.04. The Morgan fingerprint density at radius 1 is 1.35 bits per heavy atom. The molecule has 2 N–H and O–H groups in total. The van der Waals surface area contributed by atoms with Gasteiger partial charge in [0, 0.05) is 19.6 Å². The van der Waals surface area contributed by atoms with Gasteiger partial charge in [0.2, 0.25) is 0 Å². The standard InChI is InChI=1S/C13H20FN3/c1-4-10(2)17-13(15-3)16-9-11-5-7-12(14)8-6-11/h5-8,10H,4,9H2,1-3H3,(H2,15,16,17). The Bertz CT molecular complexity index is 359. The molecule has 0 saturated carbocycles. The third-order valence-corrected chi connectivity index (χ3v) is 2.59. The van der Waals surface area contributed by atoms with Crippen LogP contribution in [0.1, 0.15) is 25.8 Å². The van der Waals surface area contributed by atoms with Crippen molar-refractivity contribution in [3.05, 3.63) is 35.6 Å². The van der Waals surface area contributed by atoms with E-state index in [-0.39, 0.29) is 5.82 Å². The SMILES string of the molecule is CCC(C)NC(=NC)NCc1ccc(F)cc1. The molecule has 4 heteroatoms. The molecule has 1 unspecified atom stereocenters. The lowest BCUT2D eigenvalue weighted by atomic mass is 10.2. The quantitative estimate of drug-likeness (QED) is 0.622. The van der Waals surface area contributed by atoms with E-state index in [1.165, 1.54) is 12.1 Å². The van der Waals surface area contributed by atoms with Crippen LogP contribution in [0.5, 0.6) is 0 Å². The van der Waals surface area contributed by atoms with Crippen LogP contribution in [0.2, 0.25) is 0 Å². The van der Waals surface area contributed by atoms with E-state index < -0.39 is 0 Å². The smallest absolute Gasteiger partial charge is 0.191 e. The van der Waals surface area contributed by atoms with Gasteiger partial charge in [-0.25, -0.2) is 4.39 Å². The monoisotopic (exact) mass is 237 g/mol. The first-order valence-electron chi connectivity index (χ1n) is 5.87. The molecule has 0 fully saturated rings. The van der Waals surface area contributed by atoms with Crippen LogP contribution >= 0.6 is 0 Å². The maximum Gasteiger partial charge on any atom is 0.191 e. The van der Waals surface area contributed by atoms with Gasteiger partial charge in [-0.05, 0) is 31.0 Å². The molecule has 0 aromatic heterocycles. The molecule has 0 aliphatic heterocycles. The number of guanidine groups is 1. The number of rotatable bonds is 4. The summed E-state index contributed by atoms with van der Waals surface area (Å²) in [5.74, 6) is 0.555. The van der Waals surface area contributed by atoms with Crippen molar-refractivity contribution in [2.75, 3.05) is 7.05 Å². The zero-order valence-corrected chi connectivity index (χ0v) is 10.6. The van der Waals surface area contributed by atoms with Gasteiger partial charge in [0.25, 0.3) is 0 Å². The van der Waals surface area contributed by atoms with Crippen molar-refractivity contribution in [2.45, 2.75) is 32.9 Å². The Labute approximate surface area is 102 Å². The topological polar surface area (TPSA) is 36.4 Å². The summed E-state index contributed by atoms with van der Waals surface area (Å²) in [7, 11) is 1.74. The Morgan fingerprint density at radius 2 is 2.00 bits per heavy atom. The second-order valence-electron chi connectivity index (χ2n) is 4.01. The molecule has 0 heterocycles. The van der Waals surface area contributed by atoms with Gasteiger partial charge in [0.15, 0.2) is 5.96 Å². The Hall–Kier alpha value is -1.58. The Kier molecular flexibility index (Phi) is 5.46. The summed E-state index contributed by atoms with van der Waals surface area (Å²) < 4.78 is 12.7. The van der Waals surface area contributed by atoms with E-state index in [9.17, 15) is 4.39 Å². The van der Waals surface area contributed by atoms with Crippen molar-refractivity contribution in [1.29, 1.82) is 0 Å². The number of nitrogens with zero attached hydrogens (tertiary/aromatic N) is 1. The fourth-order valence-corrected chi connectivity index (χ4v) is 1.32. The molecule has 17 heavy (non-hydrogen) atoms. The van der Waals surface area contributed by atoms with Crippen LogP contribution in [0.4, 0.5) is 4.39 Å². The maximum absolute atomic E-state index is 12.7. The minimum absolute atomic E-state index is 0.212. The Morgan fingerprint density at radius 3 is 2.53 bits per heavy atom. The highest BCUT2D eigenvalue weighted by Crippen LogP contribution is 2.01. The molecule has 1 rings (SSSR count). The summed E-state index contributed by atoms with van der Waals surface area (Å²) in [4.78, 5) is 4.13. The van der Waals surface area contributed by atoms with Crippen LogP contribution in [0.15, 0.2) is 29.3 Å². The molecule has 0 bridgehead atoms. The highest BCUT2D eigenvalue weighted by molar-refractivity contribution is 5.79. The molecule has 1 aromatic carbocycles. The van der Waals surface area contributed by atoms with Crippen molar-refractivity contribution in [2.24, 2.45) is 4.99 Å². The number of benzene rings is 1. The predicted molar refractivity (Wildman–Crippen MR) is 69.5 cm³/mol. The van der Waals surface area contributed by atoms with Crippen LogP contribution in [0.3, 0.4) is 0 Å². The second kappa shape index (κ2) is 6.89. The Balaban J connectivity index is 2.45. The molecule has 3 nitrogen and oxygen atoms in total. The van der Waals surface area contributed by atoms with Gasteiger partial charge in [-0.15, -0.1) is 0 Å². The normalized spacial score (nSPS) is 13.3. The number of hydrogen-bond donors (Lipinski definition) is 2. The summed E-state index contributed by atoms with van der Waals surface area (Å²) in [5, 5.41) is 6.45. The summed E-state index contributed by atoms with van der Waals surface area (Å²) >= 11 is 0. The average molecular weight is 237 g/mol. The van der Waals surface area contributed by atoms with E-state index in [0.29, 0.717) is 12.6 Å². The lowest BCUT2D eigenvalue weighted by Crippen LogP contribution is -2.41. The first kappa shape index (κ1) is 13.5. The maximum atomic E-state index is 12.7. The van der Waals surface area contributed by atoms with Crippen LogP contribution in [-0.2, 0) is 6.54 Å². The van der Waals surface area contributed by atoms with E-state index in [1.807, 2.05) is 0 Å². The molecule has 0 aliphatic carbocycles. The third kappa shape index (κ3) is 4.85. The van der Waals surface area contributed by atoms with E-state index in [0.717, 1.165) is 17.9 Å². The second-order valence-corrected chi connectivity index (χ2v) is 4.01. The summed E-state index contributed by atoms with van der Waals surface area (Å²) in [6.45, 7) is 4.85. The van der Waals surface area contributed by atoms with Crippen LogP contribution < -0.4 is 10.6 Å². The minimum atomic E-state index is -0.212. The van der Waals surface area contributed by atoms with Crippen molar-refractivity contribution < 1.29 is 4.39 Å². The minimum Gasteiger partial charge on any atom is -0.354 e. The lowest BCUT2D eigenvalue weighted by Gasteiger charge is -2.16. The van der Waals surface area contributed by atoms with E-state index in [4.69, 9.17) is 0 Å². The number of halogens is 1. The average Bonchev–Trinajstić information content (AvgIpc) is 2.36. The number of nitrogens with one attached hydrogen (secondary N) is 2. The van der Waals surface area contributed by atoms with Crippen molar-refractivity contribution in [1.82, 2.24) is 10.6 Å². The van der Waals surface area contributed by atoms with E-state index in [1.54, 1.807) is 19.2 Å². The zero-order valence-electron chi connectivity index (χ0n) is 10.6. The molecule has 0 saturated heterocycles. The fraction of sp³-hybridized carbons (Fsp3) is 0.462. The van der Waals surface area contributed by atoms with Crippen LogP contribution in [-0.4, -0.2) is 19.0 Å². The lowest BCUT2D eigenvalue weighted by molar-refractivity contribution is 0.621. The fourth-order valence-electron chi connectivity index (χ4n) is 1.32. The molecule has 1 atom stereocenters. The first-order valence-corrected chi connectivity index (χ1v) is 5.87. The van der Waals surface area contributed by atoms with Crippen LogP contribution in [0, 0.1) is 5.82 Å². The highest BCUT2D eigenvalue weighted by Gasteiger charge is 2.02. The molecular formula is C13H20FN3. The van der Waals surface area contributed by atoms with Crippen LogP contribution in [0.25, 0.3) is 0 Å². The zero-order chi connectivity index (χ0) is 12.7. The highest BCUT2D eigenvalue weighted by atomic mass is 19.1. The van der Waals surface area contributed by atoms with Gasteiger partial charge < -0.3 is 10.6 Å². The van der Waals surface area contributed by atoms with E-state index in [2.05, 4.69) is 29.5 Å². The van der Waals surface area contributed by atoms with E-state index >= 15 is 0 Å². The van der Waals surface area contributed by atoms with Gasteiger partial charge in [-0.2, -0.15) is 0 Å². The molecule has 1 aromatic rings. The molecule has 94 valence electrons. The largest absolute Gasteiger partial charge is 0.354 e. The number of aliphatic imine (C=N–C) groups is 1. The molecular weight excluding hydrogens is 217 g/mol. The third-order valence-electron chi connectivity index (χ3n) is 2.59. The van der Waals surface area contributed by atoms with Crippen molar-refractivity contribution in [3.8, 4) is 0 Å². The van der Waals surface area contributed by atoms with Gasteiger partial charge in [-0.3, -0.25) is 4.99 Å². The first-order chi connectivity index (χ1) is 8.15. The predicted octanol–water partition coefficient (Wildman–Crippen LogP) is 2.29. The van der Waals surface area contributed by atoms with Gasteiger partial charge in [-0.1, -0.05) is 19.1 Å². The molecule has 0 spiro atoms. The summed E-state index contributed by atoms with van der Waals surface area (Å²) in [5.41, 5.74) is 1.03. The summed E-state index contributed by atoms with van der Waals surface area (Å²) in [6, 6.07) is 6.83. The molecule has 0 aliphatic rings. The van der Waals surface area contributed by atoms with Gasteiger partial charge in [0.1, 0.15) is 5.82 Å². The molecule has 0 amide bonds. The van der Waals surface area contributed by atoms with Crippen molar-refractivity contribution in [3.63, 3.8) is 0 Å². The van der Waals surface area contributed by atoms with Gasteiger partial charge >= 0.3 is 0 Å². The number of hydrogen-bond acceptors (Lipinski definition) is 1. The molecule has 0 radical (unpaired) electrons.